The van der Waals surface area contributed by atoms with Crippen LogP contribution >= 0.6 is 0 Å². The predicted molar refractivity (Wildman–Crippen MR) is 148 cm³/mol. The summed E-state index contributed by atoms with van der Waals surface area (Å²) in [5, 5.41) is 20.9. The van der Waals surface area contributed by atoms with E-state index in [4.69, 9.17) is 0 Å². The topological polar surface area (TPSA) is 126 Å². The van der Waals surface area contributed by atoms with Gasteiger partial charge in [0.05, 0.1) is 22.6 Å². The predicted octanol–water partition coefficient (Wildman–Crippen LogP) is 5.50. The van der Waals surface area contributed by atoms with Gasteiger partial charge >= 0.3 is 0 Å². The first-order valence-electron chi connectivity index (χ1n) is 12.9. The zero-order valence-corrected chi connectivity index (χ0v) is 23.2. The Hall–Kier alpha value is -4.36. The van der Waals surface area contributed by atoms with Crippen LogP contribution in [0.5, 0.6) is 5.88 Å². The molecular weight excluding hydrogens is 531 g/mol. The number of nitrogens with zero attached hydrogens (tertiary/aromatic N) is 4. The van der Waals surface area contributed by atoms with E-state index in [0.717, 1.165) is 6.42 Å². The van der Waals surface area contributed by atoms with E-state index in [1.165, 1.54) is 41.1 Å². The van der Waals surface area contributed by atoms with Gasteiger partial charge < -0.3 is 5.11 Å². The van der Waals surface area contributed by atoms with Gasteiger partial charge in [-0.1, -0.05) is 44.5 Å². The molecule has 0 radical (unpaired) electrons. The van der Waals surface area contributed by atoms with Crippen molar-refractivity contribution in [2.45, 2.75) is 62.3 Å². The highest BCUT2D eigenvalue weighted by atomic mass is 32.2. The number of nitriles is 1. The van der Waals surface area contributed by atoms with Crippen LogP contribution < -0.4 is 5.56 Å². The maximum Gasteiger partial charge on any atom is 0.296 e. The standard InChI is InChI=1S/C30H29FN4O4S/c1-4-6-10-27-34-29(36)28(30(37)35(27)25(5-2)22-9-7-8-20(15-22)17-32)40(38,39)23-13-11-21(12-14-23)24-16-26(31)33-18-19(24)3/h7-9,11-16,18,25,37H,4-6,10H2,1-3H3. The largest absolute Gasteiger partial charge is 0.493 e. The Morgan fingerprint density at radius 1 is 1.12 bits per heavy atom. The number of halogens is 1. The lowest BCUT2D eigenvalue weighted by Crippen LogP contribution is -2.27. The van der Waals surface area contributed by atoms with Crippen LogP contribution in [0.1, 0.15) is 61.7 Å². The van der Waals surface area contributed by atoms with Gasteiger partial charge in [-0.25, -0.2) is 13.4 Å². The highest BCUT2D eigenvalue weighted by Crippen LogP contribution is 2.34. The third kappa shape index (κ3) is 5.51. The van der Waals surface area contributed by atoms with Crippen LogP contribution in [0, 0.1) is 24.2 Å². The lowest BCUT2D eigenvalue weighted by Gasteiger charge is -2.25. The number of rotatable bonds is 9. The van der Waals surface area contributed by atoms with Crippen molar-refractivity contribution in [3.8, 4) is 23.1 Å². The molecule has 0 amide bonds. The minimum atomic E-state index is -4.50. The molecule has 1 atom stereocenters. The van der Waals surface area contributed by atoms with E-state index < -0.39 is 38.2 Å². The molecule has 0 fully saturated rings. The van der Waals surface area contributed by atoms with Crippen molar-refractivity contribution in [3.05, 3.63) is 99.6 Å². The zero-order chi connectivity index (χ0) is 29.0. The average Bonchev–Trinajstić information content (AvgIpc) is 2.94. The number of unbranched alkanes of at least 4 members (excludes halogenated alkanes) is 1. The summed E-state index contributed by atoms with van der Waals surface area (Å²) in [6.45, 7) is 5.59. The Kier molecular flexibility index (Phi) is 8.45. The minimum Gasteiger partial charge on any atom is -0.493 e. The summed E-state index contributed by atoms with van der Waals surface area (Å²) in [5.41, 5.74) is 1.86. The third-order valence-corrected chi connectivity index (χ3v) is 8.59. The summed E-state index contributed by atoms with van der Waals surface area (Å²) in [7, 11) is -4.50. The van der Waals surface area contributed by atoms with E-state index in [0.29, 0.717) is 47.1 Å². The van der Waals surface area contributed by atoms with Crippen molar-refractivity contribution in [2.24, 2.45) is 0 Å². The van der Waals surface area contributed by atoms with Crippen LogP contribution in [0.15, 0.2) is 75.4 Å². The van der Waals surface area contributed by atoms with Crippen molar-refractivity contribution in [3.63, 3.8) is 0 Å². The molecule has 4 aromatic rings. The molecule has 1 unspecified atom stereocenters. The van der Waals surface area contributed by atoms with Gasteiger partial charge in [0.25, 0.3) is 5.56 Å². The van der Waals surface area contributed by atoms with Crippen molar-refractivity contribution < 1.29 is 17.9 Å². The fraction of sp³-hybridized carbons (Fsp3) is 0.267. The van der Waals surface area contributed by atoms with Crippen LogP contribution in [0.2, 0.25) is 0 Å². The van der Waals surface area contributed by atoms with Crippen LogP contribution in [-0.4, -0.2) is 28.1 Å². The van der Waals surface area contributed by atoms with Crippen molar-refractivity contribution >= 4 is 9.84 Å². The molecule has 2 aromatic heterocycles. The molecular formula is C30H29FN4O4S. The molecule has 40 heavy (non-hydrogen) atoms. The lowest BCUT2D eigenvalue weighted by molar-refractivity contribution is 0.358. The molecule has 206 valence electrons. The molecule has 0 saturated carbocycles. The monoisotopic (exact) mass is 560 g/mol. The first-order valence-corrected chi connectivity index (χ1v) is 14.4. The summed E-state index contributed by atoms with van der Waals surface area (Å²) in [4.78, 5) is 19.9. The van der Waals surface area contributed by atoms with E-state index in [2.05, 4.69) is 16.0 Å². The van der Waals surface area contributed by atoms with Gasteiger partial charge in [-0.05, 0) is 66.3 Å². The van der Waals surface area contributed by atoms with Crippen LogP contribution in [-0.2, 0) is 16.3 Å². The Morgan fingerprint density at radius 2 is 1.85 bits per heavy atom. The molecule has 0 spiro atoms. The highest BCUT2D eigenvalue weighted by molar-refractivity contribution is 7.91. The molecule has 2 aromatic carbocycles. The number of aryl methyl sites for hydroxylation is 2. The quantitative estimate of drug-likeness (QED) is 0.268. The van der Waals surface area contributed by atoms with Gasteiger partial charge in [-0.15, -0.1) is 0 Å². The Bertz CT molecular complexity index is 1760. The number of pyridine rings is 1. The van der Waals surface area contributed by atoms with Crippen molar-refractivity contribution in [2.75, 3.05) is 0 Å². The second kappa shape index (κ2) is 11.8. The normalized spacial score (nSPS) is 12.2. The fourth-order valence-corrected chi connectivity index (χ4v) is 6.09. The summed E-state index contributed by atoms with van der Waals surface area (Å²) in [6, 6.07) is 15.2. The van der Waals surface area contributed by atoms with Crippen molar-refractivity contribution in [1.82, 2.24) is 14.5 Å². The Morgan fingerprint density at radius 3 is 2.50 bits per heavy atom. The van der Waals surface area contributed by atoms with E-state index in [-0.39, 0.29) is 10.7 Å². The number of aromatic nitrogens is 3. The first-order chi connectivity index (χ1) is 19.1. The summed E-state index contributed by atoms with van der Waals surface area (Å²) in [5.74, 6) is -1.10. The maximum absolute atomic E-state index is 13.7. The number of hydrogen-bond acceptors (Lipinski definition) is 7. The Balaban J connectivity index is 1.88. The van der Waals surface area contributed by atoms with Gasteiger partial charge in [0.2, 0.25) is 21.7 Å². The molecule has 1 N–H and O–H groups in total. The molecule has 0 bridgehead atoms. The minimum absolute atomic E-state index is 0.218. The van der Waals surface area contributed by atoms with Crippen LogP contribution in [0.4, 0.5) is 4.39 Å². The highest BCUT2D eigenvalue weighted by Gasteiger charge is 2.32. The van der Waals surface area contributed by atoms with Gasteiger partial charge in [-0.2, -0.15) is 14.6 Å². The van der Waals surface area contributed by atoms with Crippen LogP contribution in [0.25, 0.3) is 11.1 Å². The summed E-state index contributed by atoms with van der Waals surface area (Å²) >= 11 is 0. The first kappa shape index (κ1) is 28.6. The molecule has 0 saturated heterocycles. The third-order valence-electron chi connectivity index (χ3n) is 6.80. The second-order valence-electron chi connectivity index (χ2n) is 9.47. The van der Waals surface area contributed by atoms with Gasteiger partial charge in [0.15, 0.2) is 4.90 Å². The SMILES string of the molecule is CCCCc1nc(=O)c(S(=O)(=O)c2ccc(-c3cc(F)ncc3C)cc2)c(O)n1C(CC)c1cccc(C#N)c1. The van der Waals surface area contributed by atoms with E-state index in [9.17, 15) is 28.0 Å². The molecule has 0 aliphatic rings. The molecule has 2 heterocycles. The van der Waals surface area contributed by atoms with E-state index >= 15 is 0 Å². The molecule has 8 nitrogen and oxygen atoms in total. The Labute approximate surface area is 232 Å². The fourth-order valence-electron chi connectivity index (χ4n) is 4.75. The van der Waals surface area contributed by atoms with Gasteiger partial charge in [-0.3, -0.25) is 9.36 Å². The maximum atomic E-state index is 13.7. The van der Waals surface area contributed by atoms with Crippen molar-refractivity contribution in [1.29, 1.82) is 5.26 Å². The zero-order valence-electron chi connectivity index (χ0n) is 22.4. The number of benzene rings is 2. The van der Waals surface area contributed by atoms with Gasteiger partial charge in [0.1, 0.15) is 5.82 Å². The molecule has 0 aliphatic carbocycles. The summed E-state index contributed by atoms with van der Waals surface area (Å²) in [6.07, 6.45) is 3.64. The number of sulfone groups is 1. The van der Waals surface area contributed by atoms with E-state index in [1.54, 1.807) is 31.2 Å². The van der Waals surface area contributed by atoms with E-state index in [1.807, 2.05) is 13.8 Å². The molecule has 10 heteroatoms. The molecule has 4 rings (SSSR count). The molecule has 0 aliphatic heterocycles. The number of hydrogen-bond donors (Lipinski definition) is 1. The summed E-state index contributed by atoms with van der Waals surface area (Å²) < 4.78 is 42.6. The second-order valence-corrected chi connectivity index (χ2v) is 11.4. The van der Waals surface area contributed by atoms with Gasteiger partial charge in [0, 0.05) is 18.7 Å². The number of aromatic hydroxyl groups is 1. The smallest absolute Gasteiger partial charge is 0.296 e. The lowest BCUT2D eigenvalue weighted by atomic mass is 10.0. The average molecular weight is 561 g/mol. The van der Waals surface area contributed by atoms with Crippen LogP contribution in [0.3, 0.4) is 0 Å².